The zero-order chi connectivity index (χ0) is 12.5. The van der Waals surface area contributed by atoms with Crippen molar-refractivity contribution in [2.75, 3.05) is 13.2 Å². The van der Waals surface area contributed by atoms with Gasteiger partial charge in [-0.1, -0.05) is 5.16 Å². The van der Waals surface area contributed by atoms with Crippen LogP contribution in [0.1, 0.15) is 12.6 Å². The van der Waals surface area contributed by atoms with E-state index in [9.17, 15) is 4.79 Å². The maximum Gasteiger partial charge on any atom is 0.351 e. The van der Waals surface area contributed by atoms with Crippen molar-refractivity contribution in [2.24, 2.45) is 11.1 Å². The summed E-state index contributed by atoms with van der Waals surface area (Å²) in [7, 11) is 0. The van der Waals surface area contributed by atoms with E-state index in [1.54, 1.807) is 19.2 Å². The van der Waals surface area contributed by atoms with Crippen molar-refractivity contribution < 1.29 is 19.1 Å². The highest BCUT2D eigenvalue weighted by Gasteiger charge is 2.45. The number of carbonyl (C=O) groups is 1. The van der Waals surface area contributed by atoms with Gasteiger partial charge < -0.3 is 14.3 Å². The van der Waals surface area contributed by atoms with Crippen LogP contribution in [0.5, 0.6) is 5.75 Å². The first-order chi connectivity index (χ1) is 8.81. The van der Waals surface area contributed by atoms with Crippen LogP contribution >= 0.6 is 0 Å². The first-order valence-corrected chi connectivity index (χ1v) is 5.79. The van der Waals surface area contributed by atoms with Gasteiger partial charge in [0.1, 0.15) is 23.8 Å². The van der Waals surface area contributed by atoms with E-state index in [2.05, 4.69) is 10.1 Å². The van der Waals surface area contributed by atoms with Gasteiger partial charge in [0.05, 0.1) is 12.5 Å². The first kappa shape index (κ1) is 11.0. The highest BCUT2D eigenvalue weighted by atomic mass is 16.7. The van der Waals surface area contributed by atoms with Crippen molar-refractivity contribution in [2.45, 2.75) is 13.0 Å². The number of fused-ring (bicyclic) bond motifs is 3. The van der Waals surface area contributed by atoms with Crippen molar-refractivity contribution in [3.8, 4) is 5.75 Å². The van der Waals surface area contributed by atoms with Gasteiger partial charge in [0.25, 0.3) is 0 Å². The largest absolute Gasteiger partial charge is 0.490 e. The summed E-state index contributed by atoms with van der Waals surface area (Å²) in [6, 6.07) is 3.61. The molecule has 6 nitrogen and oxygen atoms in total. The van der Waals surface area contributed by atoms with Gasteiger partial charge in [-0.15, -0.1) is 0 Å². The summed E-state index contributed by atoms with van der Waals surface area (Å²) < 4.78 is 10.5. The lowest BCUT2D eigenvalue weighted by Crippen LogP contribution is -2.39. The van der Waals surface area contributed by atoms with Gasteiger partial charge >= 0.3 is 5.97 Å². The Bertz CT molecular complexity index is 515. The Morgan fingerprint density at radius 3 is 3.33 bits per heavy atom. The van der Waals surface area contributed by atoms with Crippen molar-refractivity contribution in [3.63, 3.8) is 0 Å². The minimum absolute atomic E-state index is 0.244. The normalized spacial score (nSPS) is 24.2. The van der Waals surface area contributed by atoms with Gasteiger partial charge in [0, 0.05) is 6.20 Å². The predicted octanol–water partition coefficient (Wildman–Crippen LogP) is 0.756. The summed E-state index contributed by atoms with van der Waals surface area (Å²) in [4.78, 5) is 21.1. The zero-order valence-corrected chi connectivity index (χ0v) is 9.83. The molecule has 0 radical (unpaired) electrons. The molecule has 3 rings (SSSR count). The van der Waals surface area contributed by atoms with Gasteiger partial charge in [-0.3, -0.25) is 4.98 Å². The molecule has 0 N–H and O–H groups in total. The molecule has 1 aromatic rings. The molecule has 2 aliphatic heterocycles. The molecule has 94 valence electrons. The number of hydrogen-bond acceptors (Lipinski definition) is 6. The summed E-state index contributed by atoms with van der Waals surface area (Å²) in [5.74, 6) is 0.0105. The average molecular weight is 248 g/mol. The first-order valence-electron chi connectivity index (χ1n) is 5.79. The summed E-state index contributed by atoms with van der Waals surface area (Å²) in [6.07, 6.45) is 0.931. The zero-order valence-electron chi connectivity index (χ0n) is 9.83. The molecule has 0 bridgehead atoms. The summed E-state index contributed by atoms with van der Waals surface area (Å²) in [5, 5.41) is 3.96. The van der Waals surface area contributed by atoms with E-state index in [4.69, 9.17) is 14.3 Å². The van der Waals surface area contributed by atoms with Gasteiger partial charge in [-0.05, 0) is 19.1 Å². The van der Waals surface area contributed by atoms with Crippen molar-refractivity contribution in [1.29, 1.82) is 0 Å². The third kappa shape index (κ3) is 1.61. The number of rotatable bonds is 2. The van der Waals surface area contributed by atoms with Crippen LogP contribution in [-0.2, 0) is 14.4 Å². The fraction of sp³-hybridized carbons (Fsp3) is 0.417. The molecule has 2 unspecified atom stereocenters. The Morgan fingerprint density at radius 2 is 2.50 bits per heavy atom. The molecule has 2 aliphatic rings. The second-order valence-electron chi connectivity index (χ2n) is 4.02. The van der Waals surface area contributed by atoms with E-state index in [-0.39, 0.29) is 5.92 Å². The van der Waals surface area contributed by atoms with Crippen molar-refractivity contribution >= 4 is 11.7 Å². The maximum atomic E-state index is 11.7. The lowest BCUT2D eigenvalue weighted by molar-refractivity contribution is -0.157. The Labute approximate surface area is 104 Å². The maximum absolute atomic E-state index is 11.7. The van der Waals surface area contributed by atoms with Crippen molar-refractivity contribution in [1.82, 2.24) is 4.98 Å². The lowest BCUT2D eigenvalue weighted by atomic mass is 9.93. The quantitative estimate of drug-likeness (QED) is 0.722. The van der Waals surface area contributed by atoms with Gasteiger partial charge in [0.2, 0.25) is 6.10 Å². The fourth-order valence-electron chi connectivity index (χ4n) is 2.09. The number of oxime groups is 1. The number of nitrogens with zero attached hydrogens (tertiary/aromatic N) is 2. The summed E-state index contributed by atoms with van der Waals surface area (Å²) >= 11 is 0. The Morgan fingerprint density at radius 1 is 1.61 bits per heavy atom. The Kier molecular flexibility index (Phi) is 2.62. The highest BCUT2D eigenvalue weighted by Crippen LogP contribution is 2.32. The smallest absolute Gasteiger partial charge is 0.351 e. The molecule has 0 amide bonds. The minimum Gasteiger partial charge on any atom is -0.490 e. The minimum atomic E-state index is -0.727. The molecular formula is C12H12N2O4. The number of pyridine rings is 1. The monoisotopic (exact) mass is 248 g/mol. The number of hydrogen-bond donors (Lipinski definition) is 0. The molecule has 3 heterocycles. The number of aromatic nitrogens is 1. The number of ether oxygens (including phenoxy) is 2. The molecular weight excluding hydrogens is 236 g/mol. The van der Waals surface area contributed by atoms with E-state index in [0.717, 1.165) is 0 Å². The highest BCUT2D eigenvalue weighted by molar-refractivity contribution is 6.06. The third-order valence-electron chi connectivity index (χ3n) is 2.93. The second-order valence-corrected chi connectivity index (χ2v) is 4.02. The second kappa shape index (κ2) is 4.29. The number of esters is 1. The molecule has 2 atom stereocenters. The van der Waals surface area contributed by atoms with Crippen LogP contribution in [0.25, 0.3) is 0 Å². The van der Waals surface area contributed by atoms with Crippen LogP contribution in [0, 0.1) is 5.92 Å². The third-order valence-corrected chi connectivity index (χ3v) is 2.93. The van der Waals surface area contributed by atoms with Crippen LogP contribution in [0.3, 0.4) is 0 Å². The summed E-state index contributed by atoms with van der Waals surface area (Å²) in [6.45, 7) is 2.42. The molecule has 0 aromatic carbocycles. The molecule has 0 fully saturated rings. The van der Waals surface area contributed by atoms with Crippen LogP contribution in [0.15, 0.2) is 23.5 Å². The molecule has 6 heteroatoms. The molecule has 0 spiro atoms. The van der Waals surface area contributed by atoms with Crippen LogP contribution in [-0.4, -0.2) is 36.0 Å². The molecule has 0 saturated heterocycles. The Balaban J connectivity index is 1.87. The van der Waals surface area contributed by atoms with E-state index in [1.165, 1.54) is 0 Å². The van der Waals surface area contributed by atoms with E-state index < -0.39 is 12.1 Å². The molecule has 1 aromatic heterocycles. The Hall–Kier alpha value is -2.11. The van der Waals surface area contributed by atoms with Gasteiger partial charge in [-0.2, -0.15) is 0 Å². The van der Waals surface area contributed by atoms with Gasteiger partial charge in [-0.25, -0.2) is 4.79 Å². The van der Waals surface area contributed by atoms with E-state index >= 15 is 0 Å². The van der Waals surface area contributed by atoms with Gasteiger partial charge in [0.15, 0.2) is 0 Å². The van der Waals surface area contributed by atoms with E-state index in [0.29, 0.717) is 30.4 Å². The molecule has 0 aliphatic carbocycles. The van der Waals surface area contributed by atoms with Crippen LogP contribution in [0.4, 0.5) is 0 Å². The number of carbonyl (C=O) groups excluding carboxylic acids is 1. The SMILES string of the molecule is CCOC(=O)C1ON=C2c3ncccc3OCC21. The van der Waals surface area contributed by atoms with Crippen molar-refractivity contribution in [3.05, 3.63) is 24.0 Å². The lowest BCUT2D eigenvalue weighted by Gasteiger charge is -2.23. The van der Waals surface area contributed by atoms with Crippen LogP contribution < -0.4 is 4.74 Å². The van der Waals surface area contributed by atoms with E-state index in [1.807, 2.05) is 6.07 Å². The topological polar surface area (TPSA) is 70.0 Å². The fourth-order valence-corrected chi connectivity index (χ4v) is 2.09. The summed E-state index contributed by atoms with van der Waals surface area (Å²) in [5.41, 5.74) is 1.30. The molecule has 0 saturated carbocycles. The predicted molar refractivity (Wildman–Crippen MR) is 61.3 cm³/mol. The average Bonchev–Trinajstić information content (AvgIpc) is 2.83. The van der Waals surface area contributed by atoms with Crippen LogP contribution in [0.2, 0.25) is 0 Å². The molecule has 18 heavy (non-hydrogen) atoms. The standard InChI is InChI=1S/C12H12N2O4/c1-2-16-12(15)11-7-6-17-8-4-3-5-13-10(8)9(7)14-18-11/h3-5,7,11H,2,6H2,1H3.